The molecule has 0 aromatic heterocycles. The number of anilines is 1. The van der Waals surface area contributed by atoms with Gasteiger partial charge in [-0.25, -0.2) is 13.2 Å². The molecule has 0 aliphatic carbocycles. The maximum absolute atomic E-state index is 13.0. The minimum absolute atomic E-state index is 0.0312. The van der Waals surface area contributed by atoms with Crippen LogP contribution < -0.4 is 4.31 Å². The molecule has 2 aromatic rings. The molecule has 2 aromatic carbocycles. The molecule has 0 heterocycles. The Morgan fingerprint density at radius 2 is 1.93 bits per heavy atom. The van der Waals surface area contributed by atoms with Crippen LogP contribution in [0.2, 0.25) is 5.02 Å². The van der Waals surface area contributed by atoms with Gasteiger partial charge in [0, 0.05) is 18.7 Å². The van der Waals surface area contributed by atoms with E-state index in [-0.39, 0.29) is 40.0 Å². The standard InChI is InChI=1S/C17H17ClN2O6S/c1-3-19(12-8-9-16(18)15(11-12)17(21)26-4-2)27(24,25)14-7-5-6-13(10-14)20(22)23/h5-11H,3-4H2,1-2H3. The van der Waals surface area contributed by atoms with Crippen LogP contribution in [-0.4, -0.2) is 32.5 Å². The molecule has 2 rings (SSSR count). The zero-order valence-corrected chi connectivity index (χ0v) is 16.2. The Morgan fingerprint density at radius 3 is 2.52 bits per heavy atom. The molecule has 8 nitrogen and oxygen atoms in total. The van der Waals surface area contributed by atoms with Gasteiger partial charge >= 0.3 is 5.97 Å². The molecule has 0 saturated heterocycles. The maximum Gasteiger partial charge on any atom is 0.339 e. The number of carbonyl (C=O) groups excluding carboxylic acids is 1. The molecule has 0 aliphatic heterocycles. The van der Waals surface area contributed by atoms with E-state index in [4.69, 9.17) is 16.3 Å². The molecule has 27 heavy (non-hydrogen) atoms. The van der Waals surface area contributed by atoms with Gasteiger partial charge in [-0.1, -0.05) is 17.7 Å². The van der Waals surface area contributed by atoms with Crippen LogP contribution in [-0.2, 0) is 14.8 Å². The van der Waals surface area contributed by atoms with Gasteiger partial charge in [-0.2, -0.15) is 0 Å². The Kier molecular flexibility index (Phi) is 6.40. The zero-order chi connectivity index (χ0) is 20.2. The van der Waals surface area contributed by atoms with Crippen molar-refractivity contribution in [3.05, 3.63) is 63.2 Å². The number of carbonyl (C=O) groups is 1. The quantitative estimate of drug-likeness (QED) is 0.390. The van der Waals surface area contributed by atoms with Gasteiger partial charge in [-0.15, -0.1) is 0 Å². The molecule has 0 N–H and O–H groups in total. The van der Waals surface area contributed by atoms with Crippen LogP contribution in [0.25, 0.3) is 0 Å². The van der Waals surface area contributed by atoms with E-state index in [1.807, 2.05) is 0 Å². The van der Waals surface area contributed by atoms with E-state index in [2.05, 4.69) is 0 Å². The highest BCUT2D eigenvalue weighted by molar-refractivity contribution is 7.92. The number of benzene rings is 2. The van der Waals surface area contributed by atoms with Gasteiger partial charge < -0.3 is 4.74 Å². The van der Waals surface area contributed by atoms with Crippen molar-refractivity contribution in [2.75, 3.05) is 17.5 Å². The highest BCUT2D eigenvalue weighted by atomic mass is 35.5. The lowest BCUT2D eigenvalue weighted by molar-refractivity contribution is -0.385. The number of hydrogen-bond acceptors (Lipinski definition) is 6. The summed E-state index contributed by atoms with van der Waals surface area (Å²) in [4.78, 5) is 22.1. The Hall–Kier alpha value is -2.65. The molecule has 0 atom stereocenters. The van der Waals surface area contributed by atoms with Gasteiger partial charge in [-0.3, -0.25) is 14.4 Å². The molecule has 144 valence electrons. The first-order chi connectivity index (χ1) is 12.7. The summed E-state index contributed by atoms with van der Waals surface area (Å²) < 4.78 is 31.9. The molecular weight excluding hydrogens is 396 g/mol. The van der Waals surface area contributed by atoms with Gasteiger partial charge in [0.1, 0.15) is 0 Å². The number of non-ortho nitro benzene ring substituents is 1. The Bertz CT molecular complexity index is 977. The molecule has 0 unspecified atom stereocenters. The van der Waals surface area contributed by atoms with Crippen molar-refractivity contribution < 1.29 is 22.9 Å². The third kappa shape index (κ3) is 4.37. The lowest BCUT2D eigenvalue weighted by atomic mass is 10.2. The summed E-state index contributed by atoms with van der Waals surface area (Å²) in [5, 5.41) is 11.1. The van der Waals surface area contributed by atoms with Crippen LogP contribution in [0, 0.1) is 10.1 Å². The second-order valence-electron chi connectivity index (χ2n) is 5.31. The number of esters is 1. The van der Waals surface area contributed by atoms with Crippen LogP contribution in [0.4, 0.5) is 11.4 Å². The van der Waals surface area contributed by atoms with E-state index < -0.39 is 20.9 Å². The van der Waals surface area contributed by atoms with Crippen LogP contribution in [0.5, 0.6) is 0 Å². The lowest BCUT2D eigenvalue weighted by Crippen LogP contribution is -2.31. The summed E-state index contributed by atoms with van der Waals surface area (Å²) in [6, 6.07) is 8.92. The topological polar surface area (TPSA) is 107 Å². The average Bonchev–Trinajstić information content (AvgIpc) is 2.63. The molecule has 0 spiro atoms. The van der Waals surface area contributed by atoms with E-state index in [0.717, 1.165) is 10.4 Å². The predicted molar refractivity (Wildman–Crippen MR) is 101 cm³/mol. The summed E-state index contributed by atoms with van der Waals surface area (Å²) in [5.74, 6) is -0.673. The van der Waals surface area contributed by atoms with Crippen molar-refractivity contribution in [2.24, 2.45) is 0 Å². The van der Waals surface area contributed by atoms with Gasteiger partial charge in [-0.05, 0) is 38.1 Å². The number of ether oxygens (including phenoxy) is 1. The van der Waals surface area contributed by atoms with Crippen molar-refractivity contribution in [3.63, 3.8) is 0 Å². The highest BCUT2D eigenvalue weighted by Crippen LogP contribution is 2.29. The maximum atomic E-state index is 13.0. The minimum atomic E-state index is -4.09. The summed E-state index contributed by atoms with van der Waals surface area (Å²) in [6.45, 7) is 3.42. The van der Waals surface area contributed by atoms with Crippen molar-refractivity contribution >= 4 is 39.0 Å². The summed E-state index contributed by atoms with van der Waals surface area (Å²) >= 11 is 6.02. The van der Waals surface area contributed by atoms with E-state index in [1.54, 1.807) is 13.8 Å². The fourth-order valence-corrected chi connectivity index (χ4v) is 4.11. The molecular formula is C17H17ClN2O6S. The Labute approximate surface area is 161 Å². The van der Waals surface area contributed by atoms with Crippen molar-refractivity contribution in [3.8, 4) is 0 Å². The molecule has 0 amide bonds. The molecule has 10 heteroatoms. The number of hydrogen-bond donors (Lipinski definition) is 0. The van der Waals surface area contributed by atoms with Crippen molar-refractivity contribution in [1.29, 1.82) is 0 Å². The monoisotopic (exact) mass is 412 g/mol. The smallest absolute Gasteiger partial charge is 0.339 e. The van der Waals surface area contributed by atoms with Gasteiger partial charge in [0.2, 0.25) is 0 Å². The van der Waals surface area contributed by atoms with Crippen molar-refractivity contribution in [2.45, 2.75) is 18.7 Å². The largest absolute Gasteiger partial charge is 0.462 e. The van der Waals surface area contributed by atoms with Crippen LogP contribution >= 0.6 is 11.6 Å². The van der Waals surface area contributed by atoms with E-state index in [9.17, 15) is 23.3 Å². The Balaban J connectivity index is 2.52. The molecule has 0 saturated carbocycles. The van der Waals surface area contributed by atoms with E-state index in [0.29, 0.717) is 0 Å². The number of nitrogens with zero attached hydrogens (tertiary/aromatic N) is 2. The third-order valence-electron chi connectivity index (χ3n) is 3.64. The second kappa shape index (κ2) is 8.36. The van der Waals surface area contributed by atoms with Gasteiger partial charge in [0.25, 0.3) is 15.7 Å². The summed E-state index contributed by atoms with van der Waals surface area (Å²) in [5.41, 5.74) is -0.115. The van der Waals surface area contributed by atoms with Gasteiger partial charge in [0.05, 0.1) is 32.7 Å². The number of sulfonamides is 1. The highest BCUT2D eigenvalue weighted by Gasteiger charge is 2.26. The first kappa shape index (κ1) is 20.7. The SMILES string of the molecule is CCOC(=O)c1cc(N(CC)S(=O)(=O)c2cccc([N+](=O)[O-])c2)ccc1Cl. The van der Waals surface area contributed by atoms with E-state index in [1.165, 1.54) is 36.4 Å². The van der Waals surface area contributed by atoms with E-state index >= 15 is 0 Å². The van der Waals surface area contributed by atoms with Gasteiger partial charge in [0.15, 0.2) is 0 Å². The fourth-order valence-electron chi connectivity index (χ4n) is 2.41. The summed E-state index contributed by atoms with van der Waals surface area (Å²) in [6.07, 6.45) is 0. The van der Waals surface area contributed by atoms with Crippen LogP contribution in [0.15, 0.2) is 47.4 Å². The van der Waals surface area contributed by atoms with Crippen molar-refractivity contribution in [1.82, 2.24) is 0 Å². The minimum Gasteiger partial charge on any atom is -0.462 e. The number of rotatable bonds is 7. The lowest BCUT2D eigenvalue weighted by Gasteiger charge is -2.23. The normalized spacial score (nSPS) is 11.1. The first-order valence-electron chi connectivity index (χ1n) is 7.96. The predicted octanol–water partition coefficient (Wildman–Crippen LogP) is 3.64. The number of nitro groups is 1. The first-order valence-corrected chi connectivity index (χ1v) is 9.78. The zero-order valence-electron chi connectivity index (χ0n) is 14.6. The molecule has 0 radical (unpaired) electrons. The summed E-state index contributed by atoms with van der Waals surface area (Å²) in [7, 11) is -4.09. The third-order valence-corrected chi connectivity index (χ3v) is 5.87. The fraction of sp³-hybridized carbons (Fsp3) is 0.235. The van der Waals surface area contributed by atoms with Crippen LogP contribution in [0.3, 0.4) is 0 Å². The molecule has 0 aliphatic rings. The van der Waals surface area contributed by atoms with Crippen LogP contribution in [0.1, 0.15) is 24.2 Å². The second-order valence-corrected chi connectivity index (χ2v) is 7.58. The molecule has 0 bridgehead atoms. The number of halogens is 1. The number of nitro benzene ring substituents is 1. The average molecular weight is 413 g/mol. The molecule has 0 fully saturated rings. The Morgan fingerprint density at radius 1 is 1.22 bits per heavy atom.